The van der Waals surface area contributed by atoms with Crippen molar-refractivity contribution in [2.75, 3.05) is 0 Å². The van der Waals surface area contributed by atoms with Crippen molar-refractivity contribution < 1.29 is 0 Å². The molecule has 62 valence electrons. The van der Waals surface area contributed by atoms with Crippen LogP contribution in [0.1, 0.15) is 23.7 Å². The van der Waals surface area contributed by atoms with Crippen LogP contribution in [0.15, 0.2) is 18.9 Å². The van der Waals surface area contributed by atoms with Crippen LogP contribution in [0.4, 0.5) is 0 Å². The van der Waals surface area contributed by atoms with E-state index in [9.17, 15) is 0 Å². The van der Waals surface area contributed by atoms with Crippen LogP contribution in [0.3, 0.4) is 0 Å². The van der Waals surface area contributed by atoms with Gasteiger partial charge in [-0.15, -0.1) is 0 Å². The summed E-state index contributed by atoms with van der Waals surface area (Å²) in [5, 5.41) is 7.14. The molecule has 0 aromatic carbocycles. The number of aromatic nitrogens is 1. The van der Waals surface area contributed by atoms with Gasteiger partial charge in [0.25, 0.3) is 0 Å². The van der Waals surface area contributed by atoms with Crippen molar-refractivity contribution in [2.45, 2.75) is 6.92 Å². The Bertz CT molecular complexity index is 293. The molecule has 0 bridgehead atoms. The molecule has 1 aromatic rings. The number of H-pyrrole nitrogens is 1. The summed E-state index contributed by atoms with van der Waals surface area (Å²) in [5.74, 6) is 0. The number of nitrogens with one attached hydrogen (secondary N) is 2. The fourth-order valence-electron chi connectivity index (χ4n) is 1.11. The van der Waals surface area contributed by atoms with Gasteiger partial charge < -0.3 is 10.4 Å². The molecule has 0 atom stereocenters. The molecule has 2 heteroatoms. The van der Waals surface area contributed by atoms with E-state index in [1.54, 1.807) is 12.3 Å². The first-order valence-electron chi connectivity index (χ1n) is 3.80. The Morgan fingerprint density at radius 1 is 1.58 bits per heavy atom. The molecule has 12 heavy (non-hydrogen) atoms. The normalized spacial score (nSPS) is 10.4. The molecule has 0 fully saturated rings. The maximum Gasteiger partial charge on any atom is 0.0454 e. The third-order valence-electron chi connectivity index (χ3n) is 1.68. The summed E-state index contributed by atoms with van der Waals surface area (Å²) in [6.07, 6.45) is 8.80. The second-order valence-corrected chi connectivity index (χ2v) is 2.42. The lowest BCUT2D eigenvalue weighted by Gasteiger charge is -1.92. The van der Waals surface area contributed by atoms with Crippen LogP contribution in [0.25, 0.3) is 12.2 Å². The molecule has 0 radical (unpaired) electrons. The van der Waals surface area contributed by atoms with Crippen molar-refractivity contribution in [3.63, 3.8) is 0 Å². The smallest absolute Gasteiger partial charge is 0.0454 e. The summed E-state index contributed by atoms with van der Waals surface area (Å²) in [5.41, 5.74) is 2.89. The van der Waals surface area contributed by atoms with Gasteiger partial charge in [0.2, 0.25) is 0 Å². The first kappa shape index (κ1) is 8.53. The van der Waals surface area contributed by atoms with Crippen molar-refractivity contribution in [3.8, 4) is 0 Å². The zero-order valence-corrected chi connectivity index (χ0v) is 7.09. The van der Waals surface area contributed by atoms with Crippen LogP contribution in [-0.2, 0) is 0 Å². The molecule has 1 aromatic heterocycles. The van der Waals surface area contributed by atoms with E-state index in [2.05, 4.69) is 11.6 Å². The second-order valence-electron chi connectivity index (χ2n) is 2.42. The van der Waals surface area contributed by atoms with Gasteiger partial charge in [-0.2, -0.15) is 0 Å². The summed E-state index contributed by atoms with van der Waals surface area (Å²) in [6, 6.07) is 0. The van der Waals surface area contributed by atoms with E-state index >= 15 is 0 Å². The first-order valence-corrected chi connectivity index (χ1v) is 3.80. The molecule has 0 aliphatic heterocycles. The largest absolute Gasteiger partial charge is 0.361 e. The van der Waals surface area contributed by atoms with Gasteiger partial charge in [-0.1, -0.05) is 18.7 Å². The molecule has 0 spiro atoms. The highest BCUT2D eigenvalue weighted by Gasteiger charge is 2.02. The first-order chi connectivity index (χ1) is 5.83. The molecule has 1 heterocycles. The van der Waals surface area contributed by atoms with Crippen molar-refractivity contribution >= 4 is 18.4 Å². The van der Waals surface area contributed by atoms with Crippen LogP contribution in [0, 0.1) is 5.41 Å². The van der Waals surface area contributed by atoms with E-state index in [-0.39, 0.29) is 0 Å². The third-order valence-corrected chi connectivity index (χ3v) is 1.68. The van der Waals surface area contributed by atoms with E-state index < -0.39 is 0 Å². The zero-order chi connectivity index (χ0) is 8.97. The summed E-state index contributed by atoms with van der Waals surface area (Å²) in [7, 11) is 0. The number of aromatic amines is 1. The van der Waals surface area contributed by atoms with Gasteiger partial charge in [0, 0.05) is 29.2 Å². The maximum absolute atomic E-state index is 7.14. The van der Waals surface area contributed by atoms with Gasteiger partial charge in [0.05, 0.1) is 0 Å². The maximum atomic E-state index is 7.14. The predicted molar refractivity (Wildman–Crippen MR) is 53.5 cm³/mol. The summed E-state index contributed by atoms with van der Waals surface area (Å²) in [6.45, 7) is 5.63. The van der Waals surface area contributed by atoms with Crippen LogP contribution in [0.5, 0.6) is 0 Å². The molecule has 0 amide bonds. The quantitative estimate of drug-likeness (QED) is 0.638. The lowest BCUT2D eigenvalue weighted by atomic mass is 10.1. The van der Waals surface area contributed by atoms with Gasteiger partial charge >= 0.3 is 0 Å². The average molecular weight is 160 g/mol. The number of rotatable bonds is 3. The fourth-order valence-corrected chi connectivity index (χ4v) is 1.11. The van der Waals surface area contributed by atoms with Gasteiger partial charge in [-0.25, -0.2) is 0 Å². The zero-order valence-electron chi connectivity index (χ0n) is 7.09. The van der Waals surface area contributed by atoms with Crippen LogP contribution >= 0.6 is 0 Å². The monoisotopic (exact) mass is 160 g/mol. The van der Waals surface area contributed by atoms with E-state index in [4.69, 9.17) is 5.41 Å². The highest BCUT2D eigenvalue weighted by Crippen LogP contribution is 2.15. The molecule has 2 nitrogen and oxygen atoms in total. The van der Waals surface area contributed by atoms with Crippen LogP contribution in [0.2, 0.25) is 0 Å². The van der Waals surface area contributed by atoms with Gasteiger partial charge in [-0.3, -0.25) is 0 Å². The Morgan fingerprint density at radius 3 is 2.83 bits per heavy atom. The molecule has 0 saturated heterocycles. The Morgan fingerprint density at radius 2 is 2.33 bits per heavy atom. The van der Waals surface area contributed by atoms with Gasteiger partial charge in [0.15, 0.2) is 0 Å². The van der Waals surface area contributed by atoms with E-state index in [1.807, 2.05) is 19.1 Å². The van der Waals surface area contributed by atoms with E-state index in [0.717, 1.165) is 16.8 Å². The second kappa shape index (κ2) is 3.72. The summed E-state index contributed by atoms with van der Waals surface area (Å²) >= 11 is 0. The summed E-state index contributed by atoms with van der Waals surface area (Å²) < 4.78 is 0. The lowest BCUT2D eigenvalue weighted by Crippen LogP contribution is -1.80. The van der Waals surface area contributed by atoms with Gasteiger partial charge in [-0.05, 0) is 13.0 Å². The van der Waals surface area contributed by atoms with E-state index in [0.29, 0.717) is 0 Å². The molecule has 0 unspecified atom stereocenters. The highest BCUT2D eigenvalue weighted by atomic mass is 14.7. The predicted octanol–water partition coefficient (Wildman–Crippen LogP) is 2.69. The molecular weight excluding hydrogens is 148 g/mol. The van der Waals surface area contributed by atoms with Crippen molar-refractivity contribution in [1.29, 1.82) is 5.41 Å². The minimum Gasteiger partial charge on any atom is -0.361 e. The minimum atomic E-state index is 0.892. The standard InChI is InChI=1S/C10H12N2/c1-3-5-9-8(6-11)7-12-10(9)4-2/h3-7,11-12H,2H2,1H3/b5-3-,11-6?. The Labute approximate surface area is 72.1 Å². The van der Waals surface area contributed by atoms with E-state index in [1.165, 1.54) is 6.21 Å². The fraction of sp³-hybridized carbons (Fsp3) is 0.100. The van der Waals surface area contributed by atoms with Crippen LogP contribution < -0.4 is 0 Å². The minimum absolute atomic E-state index is 0.892. The molecular formula is C10H12N2. The Balaban J connectivity index is 3.24. The Kier molecular flexibility index (Phi) is 2.64. The van der Waals surface area contributed by atoms with Crippen molar-refractivity contribution in [3.05, 3.63) is 35.7 Å². The number of allylic oxidation sites excluding steroid dienone is 1. The number of hydrogen-bond acceptors (Lipinski definition) is 1. The number of hydrogen-bond donors (Lipinski definition) is 2. The molecule has 0 saturated carbocycles. The van der Waals surface area contributed by atoms with Crippen molar-refractivity contribution in [1.82, 2.24) is 4.98 Å². The molecule has 0 aliphatic carbocycles. The van der Waals surface area contributed by atoms with Crippen molar-refractivity contribution in [2.24, 2.45) is 0 Å². The molecule has 1 rings (SSSR count). The lowest BCUT2D eigenvalue weighted by molar-refractivity contribution is 1.37. The van der Waals surface area contributed by atoms with Crippen LogP contribution in [-0.4, -0.2) is 11.2 Å². The third kappa shape index (κ3) is 1.37. The summed E-state index contributed by atoms with van der Waals surface area (Å²) in [4.78, 5) is 3.04. The Hall–Kier alpha value is -1.57. The van der Waals surface area contributed by atoms with Gasteiger partial charge in [0.1, 0.15) is 0 Å². The molecule has 2 N–H and O–H groups in total. The topological polar surface area (TPSA) is 39.6 Å². The average Bonchev–Trinajstić information content (AvgIpc) is 2.48. The highest BCUT2D eigenvalue weighted by molar-refractivity contribution is 5.86. The SMILES string of the molecule is C=Cc1[nH]cc(C=N)c1/C=C\C. The molecule has 0 aliphatic rings.